The molecule has 35 heavy (non-hydrogen) atoms. The average Bonchev–Trinajstić information content (AvgIpc) is 3.18. The van der Waals surface area contributed by atoms with E-state index in [2.05, 4.69) is 10.2 Å². The van der Waals surface area contributed by atoms with E-state index in [0.717, 1.165) is 52.0 Å². The first kappa shape index (κ1) is 22.9. The maximum absolute atomic E-state index is 13.4. The number of hydrogen-bond donors (Lipinski definition) is 0. The number of carbonyl (C=O) groups is 2. The molecule has 0 aliphatic carbocycles. The molecule has 1 aliphatic heterocycles. The van der Waals surface area contributed by atoms with Gasteiger partial charge in [-0.3, -0.25) is 14.3 Å². The van der Waals surface area contributed by atoms with Crippen LogP contribution in [-0.4, -0.2) is 39.5 Å². The SMILES string of the molecule is CSc1nnc(C)n1-c1ccc(C(=O)OCC(=O)N2c3ccccc3CCc3ccccc32)cc1. The summed E-state index contributed by atoms with van der Waals surface area (Å²) in [6.45, 7) is 1.52. The first-order valence-electron chi connectivity index (χ1n) is 11.3. The number of rotatable bonds is 5. The van der Waals surface area contributed by atoms with Gasteiger partial charge < -0.3 is 4.74 Å². The van der Waals surface area contributed by atoms with Gasteiger partial charge in [-0.25, -0.2) is 4.79 Å². The molecule has 8 heteroatoms. The molecule has 0 unspecified atom stereocenters. The van der Waals surface area contributed by atoms with Gasteiger partial charge in [0, 0.05) is 5.69 Å². The summed E-state index contributed by atoms with van der Waals surface area (Å²) >= 11 is 1.49. The second-order valence-corrected chi connectivity index (χ2v) is 8.95. The number of hydrogen-bond acceptors (Lipinski definition) is 6. The first-order valence-corrected chi connectivity index (χ1v) is 12.5. The predicted molar refractivity (Wildman–Crippen MR) is 136 cm³/mol. The summed E-state index contributed by atoms with van der Waals surface area (Å²) in [5, 5.41) is 9.02. The van der Waals surface area contributed by atoms with E-state index in [9.17, 15) is 9.59 Å². The molecule has 176 valence electrons. The van der Waals surface area contributed by atoms with Crippen molar-refractivity contribution in [1.29, 1.82) is 0 Å². The second-order valence-electron chi connectivity index (χ2n) is 8.18. The molecule has 0 N–H and O–H groups in total. The van der Waals surface area contributed by atoms with E-state index < -0.39 is 5.97 Å². The van der Waals surface area contributed by atoms with Gasteiger partial charge in [0.1, 0.15) is 5.82 Å². The third-order valence-electron chi connectivity index (χ3n) is 6.04. The summed E-state index contributed by atoms with van der Waals surface area (Å²) in [6.07, 6.45) is 3.62. The van der Waals surface area contributed by atoms with Crippen molar-refractivity contribution in [2.75, 3.05) is 17.8 Å². The monoisotopic (exact) mass is 484 g/mol. The molecular formula is C27H24N4O3S. The fraction of sp³-hybridized carbons (Fsp3) is 0.185. The molecule has 7 nitrogen and oxygen atoms in total. The van der Waals surface area contributed by atoms with E-state index in [1.165, 1.54) is 11.8 Å². The van der Waals surface area contributed by atoms with E-state index in [1.54, 1.807) is 17.0 Å². The summed E-state index contributed by atoms with van der Waals surface area (Å²) in [4.78, 5) is 27.8. The quantitative estimate of drug-likeness (QED) is 0.296. The number of esters is 1. The van der Waals surface area contributed by atoms with Crippen LogP contribution in [0.25, 0.3) is 5.69 Å². The van der Waals surface area contributed by atoms with Gasteiger partial charge >= 0.3 is 5.97 Å². The molecule has 2 heterocycles. The van der Waals surface area contributed by atoms with Crippen LogP contribution in [0, 0.1) is 6.92 Å². The van der Waals surface area contributed by atoms with E-state index in [-0.39, 0.29) is 12.5 Å². The van der Waals surface area contributed by atoms with Crippen molar-refractivity contribution in [1.82, 2.24) is 14.8 Å². The lowest BCUT2D eigenvalue weighted by molar-refractivity contribution is -0.120. The van der Waals surface area contributed by atoms with Crippen molar-refractivity contribution in [3.05, 3.63) is 95.3 Å². The first-order chi connectivity index (χ1) is 17.1. The van der Waals surface area contributed by atoms with Crippen LogP contribution in [-0.2, 0) is 22.4 Å². The maximum atomic E-state index is 13.4. The van der Waals surface area contributed by atoms with Crippen LogP contribution in [0.4, 0.5) is 11.4 Å². The highest BCUT2D eigenvalue weighted by molar-refractivity contribution is 7.98. The third-order valence-corrected chi connectivity index (χ3v) is 6.67. The standard InChI is InChI=1S/C27H24N4O3S/c1-18-28-29-27(35-2)30(18)22-15-13-21(14-16-22)26(33)34-17-25(32)31-23-9-5-3-7-19(23)11-12-20-8-4-6-10-24(20)31/h3-10,13-16H,11-12,17H2,1-2H3. The smallest absolute Gasteiger partial charge is 0.338 e. The molecule has 5 rings (SSSR count). The summed E-state index contributed by atoms with van der Waals surface area (Å²) in [6, 6.07) is 22.7. The molecule has 1 aliphatic rings. The molecule has 0 fully saturated rings. The summed E-state index contributed by atoms with van der Waals surface area (Å²) < 4.78 is 7.36. The van der Waals surface area contributed by atoms with Crippen LogP contribution < -0.4 is 4.90 Å². The Morgan fingerprint density at radius 3 is 2.09 bits per heavy atom. The van der Waals surface area contributed by atoms with Crippen molar-refractivity contribution < 1.29 is 14.3 Å². The molecule has 4 aromatic rings. The third kappa shape index (κ3) is 4.44. The zero-order valence-corrected chi connectivity index (χ0v) is 20.3. The lowest BCUT2D eigenvalue weighted by Gasteiger charge is -2.24. The highest BCUT2D eigenvalue weighted by Crippen LogP contribution is 2.36. The van der Waals surface area contributed by atoms with Gasteiger partial charge in [0.25, 0.3) is 5.91 Å². The van der Waals surface area contributed by atoms with Gasteiger partial charge in [0.15, 0.2) is 11.8 Å². The molecule has 1 aromatic heterocycles. The Hall–Kier alpha value is -3.91. The number of para-hydroxylation sites is 2. The summed E-state index contributed by atoms with van der Waals surface area (Å²) in [5.74, 6) is -0.0818. The van der Waals surface area contributed by atoms with E-state index in [1.807, 2.05) is 78.4 Å². The Labute approximate surface area is 207 Å². The van der Waals surface area contributed by atoms with E-state index in [0.29, 0.717) is 5.56 Å². The number of thioether (sulfide) groups is 1. The van der Waals surface area contributed by atoms with Crippen LogP contribution in [0.2, 0.25) is 0 Å². The van der Waals surface area contributed by atoms with Crippen molar-refractivity contribution in [2.24, 2.45) is 0 Å². The van der Waals surface area contributed by atoms with Crippen LogP contribution in [0.5, 0.6) is 0 Å². The molecule has 0 saturated carbocycles. The fourth-order valence-corrected chi connectivity index (χ4v) is 4.89. The lowest BCUT2D eigenvalue weighted by Crippen LogP contribution is -2.31. The number of anilines is 2. The topological polar surface area (TPSA) is 77.3 Å². The largest absolute Gasteiger partial charge is 0.452 e. The van der Waals surface area contributed by atoms with Crippen LogP contribution in [0.1, 0.15) is 27.3 Å². The Kier molecular flexibility index (Phi) is 6.37. The van der Waals surface area contributed by atoms with Gasteiger partial charge in [-0.15, -0.1) is 10.2 Å². The number of fused-ring (bicyclic) bond motifs is 2. The molecule has 0 radical (unpaired) electrons. The van der Waals surface area contributed by atoms with Crippen molar-refractivity contribution in [3.8, 4) is 5.69 Å². The average molecular weight is 485 g/mol. The highest BCUT2D eigenvalue weighted by Gasteiger charge is 2.26. The molecule has 0 atom stereocenters. The minimum Gasteiger partial charge on any atom is -0.452 e. The zero-order valence-electron chi connectivity index (χ0n) is 19.5. The Morgan fingerprint density at radius 1 is 0.886 bits per heavy atom. The van der Waals surface area contributed by atoms with Crippen molar-refractivity contribution in [2.45, 2.75) is 24.9 Å². The number of aryl methyl sites for hydroxylation is 3. The summed E-state index contributed by atoms with van der Waals surface area (Å²) in [5.41, 5.74) is 5.06. The van der Waals surface area contributed by atoms with Crippen molar-refractivity contribution >= 4 is 35.0 Å². The minimum absolute atomic E-state index is 0.290. The van der Waals surface area contributed by atoms with Gasteiger partial charge in [-0.2, -0.15) is 0 Å². The number of benzene rings is 3. The van der Waals surface area contributed by atoms with Gasteiger partial charge in [0.05, 0.1) is 16.9 Å². The summed E-state index contributed by atoms with van der Waals surface area (Å²) in [7, 11) is 0. The highest BCUT2D eigenvalue weighted by atomic mass is 32.2. The lowest BCUT2D eigenvalue weighted by atomic mass is 10.0. The van der Waals surface area contributed by atoms with Gasteiger partial charge in [0.2, 0.25) is 0 Å². The molecule has 3 aromatic carbocycles. The Balaban J connectivity index is 1.34. The predicted octanol–water partition coefficient (Wildman–Crippen LogP) is 4.92. The number of aromatic nitrogens is 3. The number of carbonyl (C=O) groups excluding carboxylic acids is 2. The minimum atomic E-state index is -0.549. The molecule has 0 bridgehead atoms. The zero-order chi connectivity index (χ0) is 24.4. The Bertz CT molecular complexity index is 1350. The molecule has 1 amide bonds. The van der Waals surface area contributed by atoms with E-state index >= 15 is 0 Å². The van der Waals surface area contributed by atoms with E-state index in [4.69, 9.17) is 4.74 Å². The number of nitrogens with zero attached hydrogens (tertiary/aromatic N) is 4. The second kappa shape index (κ2) is 9.76. The van der Waals surface area contributed by atoms with Crippen LogP contribution >= 0.6 is 11.8 Å². The van der Waals surface area contributed by atoms with Gasteiger partial charge in [-0.05, 0) is 73.5 Å². The van der Waals surface area contributed by atoms with Crippen LogP contribution in [0.3, 0.4) is 0 Å². The fourth-order valence-electron chi connectivity index (χ4n) is 4.34. The maximum Gasteiger partial charge on any atom is 0.338 e. The molecule has 0 saturated heterocycles. The van der Waals surface area contributed by atoms with Crippen LogP contribution in [0.15, 0.2) is 78.0 Å². The number of amides is 1. The normalized spacial score (nSPS) is 12.5. The number of ether oxygens (including phenoxy) is 1. The van der Waals surface area contributed by atoms with Crippen molar-refractivity contribution in [3.63, 3.8) is 0 Å². The molecular weight excluding hydrogens is 460 g/mol. The molecule has 0 spiro atoms. The van der Waals surface area contributed by atoms with Gasteiger partial charge in [-0.1, -0.05) is 48.2 Å². The Morgan fingerprint density at radius 2 is 1.49 bits per heavy atom.